The third-order valence-electron chi connectivity index (χ3n) is 5.46. The number of nitrogens with zero attached hydrogens (tertiary/aromatic N) is 1. The molecule has 0 aliphatic carbocycles. The molecule has 0 bridgehead atoms. The van der Waals surface area contributed by atoms with Crippen LogP contribution in [-0.2, 0) is 4.79 Å². The van der Waals surface area contributed by atoms with Crippen LogP contribution in [0.3, 0.4) is 0 Å². The summed E-state index contributed by atoms with van der Waals surface area (Å²) in [6, 6.07) is 23.8. The Bertz CT molecular complexity index is 1020. The standard InChI is InChI=1S/C19H23NS.C8H8O3/c1-15-10-11-18(16(2)14-15)21-19-9-5-4-8-17(19)20-12-6-3-7-13-20;9-7(8(10)11)6-4-2-1-3-5-6/h4-5,8-11,14H,3,6-7,12-13H2,1-2H3;1-5,7,9H,(H,10,11)/t;7-/m.1/s1. The molecule has 1 saturated heterocycles. The smallest absolute Gasteiger partial charge is 0.337 e. The lowest BCUT2D eigenvalue weighted by atomic mass is 10.1. The van der Waals surface area contributed by atoms with Gasteiger partial charge in [-0.3, -0.25) is 0 Å². The average molecular weight is 450 g/mol. The Labute approximate surface area is 194 Å². The predicted molar refractivity (Wildman–Crippen MR) is 132 cm³/mol. The number of carboxylic acids is 1. The van der Waals surface area contributed by atoms with E-state index < -0.39 is 12.1 Å². The summed E-state index contributed by atoms with van der Waals surface area (Å²) in [6.07, 6.45) is 2.62. The fourth-order valence-corrected chi connectivity index (χ4v) is 4.79. The van der Waals surface area contributed by atoms with Gasteiger partial charge in [0.2, 0.25) is 0 Å². The van der Waals surface area contributed by atoms with E-state index >= 15 is 0 Å². The number of aryl methyl sites for hydroxylation is 2. The third kappa shape index (κ3) is 6.62. The number of aliphatic carboxylic acids is 1. The van der Waals surface area contributed by atoms with Gasteiger partial charge in [0.05, 0.1) is 5.69 Å². The number of para-hydroxylation sites is 1. The van der Waals surface area contributed by atoms with Crippen molar-refractivity contribution in [3.05, 3.63) is 89.5 Å². The minimum absolute atomic E-state index is 0.403. The highest BCUT2D eigenvalue weighted by molar-refractivity contribution is 7.99. The van der Waals surface area contributed by atoms with Crippen LogP contribution in [0.1, 0.15) is 42.1 Å². The maximum atomic E-state index is 10.2. The summed E-state index contributed by atoms with van der Waals surface area (Å²) in [5.41, 5.74) is 4.51. The number of piperidine rings is 1. The van der Waals surface area contributed by atoms with Gasteiger partial charge in [0.25, 0.3) is 0 Å². The van der Waals surface area contributed by atoms with Gasteiger partial charge < -0.3 is 15.1 Å². The highest BCUT2D eigenvalue weighted by atomic mass is 32.2. The first-order valence-corrected chi connectivity index (χ1v) is 11.8. The third-order valence-corrected chi connectivity index (χ3v) is 6.70. The van der Waals surface area contributed by atoms with Crippen molar-refractivity contribution < 1.29 is 15.0 Å². The van der Waals surface area contributed by atoms with E-state index in [1.807, 2.05) is 11.8 Å². The summed E-state index contributed by atoms with van der Waals surface area (Å²) in [5.74, 6) is -1.23. The molecule has 0 aromatic heterocycles. The van der Waals surface area contributed by atoms with Crippen LogP contribution in [0, 0.1) is 13.8 Å². The SMILES string of the molecule is Cc1ccc(Sc2ccccc2N2CCCCC2)c(C)c1.O=C(O)[C@H](O)c1ccccc1. The largest absolute Gasteiger partial charge is 0.479 e. The lowest BCUT2D eigenvalue weighted by Crippen LogP contribution is -2.29. The molecule has 168 valence electrons. The minimum Gasteiger partial charge on any atom is -0.479 e. The maximum Gasteiger partial charge on any atom is 0.337 e. The summed E-state index contributed by atoms with van der Waals surface area (Å²) in [7, 11) is 0. The molecule has 1 aliphatic heterocycles. The Morgan fingerprint density at radius 2 is 1.53 bits per heavy atom. The lowest BCUT2D eigenvalue weighted by molar-refractivity contribution is -0.146. The van der Waals surface area contributed by atoms with E-state index in [0.717, 1.165) is 0 Å². The molecule has 5 heteroatoms. The summed E-state index contributed by atoms with van der Waals surface area (Å²) in [6.45, 7) is 6.76. The van der Waals surface area contributed by atoms with Crippen LogP contribution in [0.25, 0.3) is 0 Å². The van der Waals surface area contributed by atoms with Crippen molar-refractivity contribution in [2.45, 2.75) is 49.0 Å². The second-order valence-corrected chi connectivity index (χ2v) is 9.12. The van der Waals surface area contributed by atoms with Crippen LogP contribution < -0.4 is 4.90 Å². The van der Waals surface area contributed by atoms with Gasteiger partial charge in [-0.25, -0.2) is 4.79 Å². The van der Waals surface area contributed by atoms with Crippen LogP contribution in [0.5, 0.6) is 0 Å². The number of aliphatic hydroxyl groups is 1. The number of rotatable bonds is 5. The molecule has 4 rings (SSSR count). The molecule has 1 atom stereocenters. The topological polar surface area (TPSA) is 60.8 Å². The van der Waals surface area contributed by atoms with E-state index in [1.54, 1.807) is 30.3 Å². The number of hydrogen-bond acceptors (Lipinski definition) is 4. The number of hydrogen-bond donors (Lipinski definition) is 2. The second kappa shape index (κ2) is 11.7. The molecule has 0 amide bonds. The highest BCUT2D eigenvalue weighted by Crippen LogP contribution is 2.37. The lowest BCUT2D eigenvalue weighted by Gasteiger charge is -2.30. The first-order chi connectivity index (χ1) is 15.5. The maximum absolute atomic E-state index is 10.2. The zero-order valence-electron chi connectivity index (χ0n) is 18.7. The summed E-state index contributed by atoms with van der Waals surface area (Å²) in [4.78, 5) is 15.5. The highest BCUT2D eigenvalue weighted by Gasteiger charge is 2.15. The minimum atomic E-state index is -1.41. The molecular weight excluding hydrogens is 418 g/mol. The molecule has 1 fully saturated rings. The normalized spacial score (nSPS) is 14.3. The molecule has 0 radical (unpaired) electrons. The first kappa shape index (κ1) is 23.9. The summed E-state index contributed by atoms with van der Waals surface area (Å²) in [5, 5.41) is 17.4. The van der Waals surface area contributed by atoms with Crippen LogP contribution in [0.2, 0.25) is 0 Å². The van der Waals surface area contributed by atoms with Gasteiger partial charge in [0.15, 0.2) is 6.10 Å². The van der Waals surface area contributed by atoms with Gasteiger partial charge in [-0.2, -0.15) is 0 Å². The molecule has 0 spiro atoms. The van der Waals surface area contributed by atoms with Crippen molar-refractivity contribution in [3.63, 3.8) is 0 Å². The van der Waals surface area contributed by atoms with Crippen molar-refractivity contribution in [1.82, 2.24) is 0 Å². The fourth-order valence-electron chi connectivity index (χ4n) is 3.75. The first-order valence-electron chi connectivity index (χ1n) is 11.0. The van der Waals surface area contributed by atoms with Gasteiger partial charge in [-0.05, 0) is 62.4 Å². The molecule has 32 heavy (non-hydrogen) atoms. The van der Waals surface area contributed by atoms with Gasteiger partial charge in [0.1, 0.15) is 0 Å². The predicted octanol–water partition coefficient (Wildman–Crippen LogP) is 6.25. The van der Waals surface area contributed by atoms with Crippen molar-refractivity contribution in [3.8, 4) is 0 Å². The molecule has 0 saturated carbocycles. The molecule has 0 unspecified atom stereocenters. The number of aliphatic hydroxyl groups excluding tert-OH is 1. The molecule has 4 nitrogen and oxygen atoms in total. The number of carboxylic acid groups (broad SMARTS) is 1. The van der Waals surface area contributed by atoms with Gasteiger partial charge in [-0.1, -0.05) is 71.9 Å². The van der Waals surface area contributed by atoms with Crippen LogP contribution in [-0.4, -0.2) is 29.3 Å². The van der Waals surface area contributed by atoms with Crippen molar-refractivity contribution in [2.24, 2.45) is 0 Å². The van der Waals surface area contributed by atoms with Crippen LogP contribution in [0.4, 0.5) is 5.69 Å². The molecule has 3 aromatic rings. The van der Waals surface area contributed by atoms with Crippen LogP contribution >= 0.6 is 11.8 Å². The molecular formula is C27H31NO3S. The van der Waals surface area contributed by atoms with E-state index in [9.17, 15) is 4.79 Å². The Morgan fingerprint density at radius 3 is 2.19 bits per heavy atom. The zero-order valence-corrected chi connectivity index (χ0v) is 19.5. The van der Waals surface area contributed by atoms with Crippen molar-refractivity contribution >= 4 is 23.4 Å². The van der Waals surface area contributed by atoms with E-state index in [1.165, 1.54) is 59.0 Å². The van der Waals surface area contributed by atoms with E-state index in [2.05, 4.69) is 61.2 Å². The summed E-state index contributed by atoms with van der Waals surface area (Å²) >= 11 is 1.90. The quantitative estimate of drug-likeness (QED) is 0.482. The van der Waals surface area contributed by atoms with Gasteiger partial charge >= 0.3 is 5.97 Å². The molecule has 2 N–H and O–H groups in total. The Kier molecular flexibility index (Phi) is 8.77. The number of anilines is 1. The monoisotopic (exact) mass is 449 g/mol. The molecule has 3 aromatic carbocycles. The zero-order chi connectivity index (χ0) is 22.9. The Morgan fingerprint density at radius 1 is 0.875 bits per heavy atom. The summed E-state index contributed by atoms with van der Waals surface area (Å²) < 4.78 is 0. The van der Waals surface area contributed by atoms with E-state index in [0.29, 0.717) is 5.56 Å². The average Bonchev–Trinajstić information content (AvgIpc) is 2.82. The molecule has 1 heterocycles. The van der Waals surface area contributed by atoms with Crippen LogP contribution in [0.15, 0.2) is 82.6 Å². The van der Waals surface area contributed by atoms with E-state index in [-0.39, 0.29) is 0 Å². The van der Waals surface area contributed by atoms with Gasteiger partial charge in [0, 0.05) is 22.9 Å². The van der Waals surface area contributed by atoms with Gasteiger partial charge in [-0.15, -0.1) is 0 Å². The van der Waals surface area contributed by atoms with Crippen molar-refractivity contribution in [2.75, 3.05) is 18.0 Å². The van der Waals surface area contributed by atoms with E-state index in [4.69, 9.17) is 10.2 Å². The fraction of sp³-hybridized carbons (Fsp3) is 0.296. The van der Waals surface area contributed by atoms with Crippen molar-refractivity contribution in [1.29, 1.82) is 0 Å². The second-order valence-electron chi connectivity index (χ2n) is 8.04. The number of carbonyl (C=O) groups is 1. The molecule has 1 aliphatic rings. The Hall–Kier alpha value is -2.76. The number of benzene rings is 3. The Balaban J connectivity index is 0.000000222.